The number of nitrogens with two attached hydrogens (primary N) is 1. The average Bonchev–Trinajstić information content (AvgIpc) is 2.74. The summed E-state index contributed by atoms with van der Waals surface area (Å²) in [6.07, 6.45) is 7.72. The van der Waals surface area contributed by atoms with Crippen LogP contribution >= 0.6 is 0 Å². The number of nitrogens with zero attached hydrogens (tertiary/aromatic N) is 3. The Bertz CT molecular complexity index is 539. The van der Waals surface area contributed by atoms with Gasteiger partial charge in [0.1, 0.15) is 5.82 Å². The van der Waals surface area contributed by atoms with E-state index >= 15 is 0 Å². The highest BCUT2D eigenvalue weighted by Crippen LogP contribution is 2.32. The molecule has 1 fully saturated rings. The van der Waals surface area contributed by atoms with Crippen molar-refractivity contribution in [3.05, 3.63) is 42.0 Å². The van der Waals surface area contributed by atoms with E-state index in [0.717, 1.165) is 17.3 Å². The van der Waals surface area contributed by atoms with Gasteiger partial charge in [0.15, 0.2) is 5.82 Å². The molecule has 0 saturated heterocycles. The molecule has 0 spiro atoms. The quantitative estimate of drug-likeness (QED) is 0.872. The summed E-state index contributed by atoms with van der Waals surface area (Å²) in [7, 11) is 0. The lowest BCUT2D eigenvalue weighted by Crippen LogP contribution is -2.12. The Labute approximate surface area is 120 Å². The highest BCUT2D eigenvalue weighted by molar-refractivity contribution is 5.34. The van der Waals surface area contributed by atoms with Gasteiger partial charge in [0, 0.05) is 11.6 Å². The summed E-state index contributed by atoms with van der Waals surface area (Å²) in [6.45, 7) is 0.425. The zero-order valence-corrected chi connectivity index (χ0v) is 11.8. The van der Waals surface area contributed by atoms with Crippen LogP contribution in [0.25, 0.3) is 5.69 Å². The summed E-state index contributed by atoms with van der Waals surface area (Å²) >= 11 is 0. The minimum absolute atomic E-state index is 0.425. The topological polar surface area (TPSA) is 56.7 Å². The van der Waals surface area contributed by atoms with E-state index in [1.165, 1.54) is 38.5 Å². The number of para-hydroxylation sites is 1. The van der Waals surface area contributed by atoms with Gasteiger partial charge in [-0.15, -0.1) is 10.2 Å². The van der Waals surface area contributed by atoms with Crippen molar-refractivity contribution in [2.24, 2.45) is 5.73 Å². The second kappa shape index (κ2) is 6.18. The van der Waals surface area contributed by atoms with Crippen LogP contribution in [0.1, 0.15) is 56.1 Å². The van der Waals surface area contributed by atoms with Crippen molar-refractivity contribution in [3.63, 3.8) is 0 Å². The van der Waals surface area contributed by atoms with E-state index in [1.807, 2.05) is 18.2 Å². The summed E-state index contributed by atoms with van der Waals surface area (Å²) in [5, 5.41) is 8.77. The predicted molar refractivity (Wildman–Crippen MR) is 79.7 cm³/mol. The molecule has 1 heterocycles. The Balaban J connectivity index is 2.00. The molecule has 3 rings (SSSR count). The van der Waals surface area contributed by atoms with Gasteiger partial charge in [-0.3, -0.25) is 4.57 Å². The van der Waals surface area contributed by atoms with E-state index in [0.29, 0.717) is 12.5 Å². The Morgan fingerprint density at radius 2 is 1.70 bits per heavy atom. The molecule has 2 aromatic rings. The van der Waals surface area contributed by atoms with Crippen molar-refractivity contribution in [1.82, 2.24) is 14.8 Å². The summed E-state index contributed by atoms with van der Waals surface area (Å²) in [5.41, 5.74) is 6.96. The molecule has 0 aliphatic heterocycles. The van der Waals surface area contributed by atoms with Gasteiger partial charge < -0.3 is 5.73 Å². The molecule has 2 N–H and O–H groups in total. The Hall–Kier alpha value is -1.68. The molecule has 1 aromatic carbocycles. The maximum absolute atomic E-state index is 5.84. The normalized spacial score (nSPS) is 17.1. The molecule has 4 nitrogen and oxygen atoms in total. The lowest BCUT2D eigenvalue weighted by atomic mass is 9.99. The lowest BCUT2D eigenvalue weighted by molar-refractivity contribution is 0.549. The SMILES string of the molecule is NCc1nnc(C2CCCCCC2)n1-c1ccccc1. The third-order valence-electron chi connectivity index (χ3n) is 4.17. The van der Waals surface area contributed by atoms with Gasteiger partial charge in [-0.1, -0.05) is 43.9 Å². The molecule has 20 heavy (non-hydrogen) atoms. The molecular formula is C16H22N4. The second-order valence-corrected chi connectivity index (χ2v) is 5.54. The minimum atomic E-state index is 0.425. The van der Waals surface area contributed by atoms with Gasteiger partial charge >= 0.3 is 0 Å². The molecule has 106 valence electrons. The van der Waals surface area contributed by atoms with E-state index in [9.17, 15) is 0 Å². The molecular weight excluding hydrogens is 248 g/mol. The van der Waals surface area contributed by atoms with Gasteiger partial charge in [0.25, 0.3) is 0 Å². The number of hydrogen-bond acceptors (Lipinski definition) is 3. The van der Waals surface area contributed by atoms with Crippen LogP contribution in [-0.4, -0.2) is 14.8 Å². The summed E-state index contributed by atoms with van der Waals surface area (Å²) in [6, 6.07) is 10.3. The van der Waals surface area contributed by atoms with Crippen LogP contribution in [0.3, 0.4) is 0 Å². The van der Waals surface area contributed by atoms with Crippen LogP contribution in [0.15, 0.2) is 30.3 Å². The molecule has 0 unspecified atom stereocenters. The van der Waals surface area contributed by atoms with Crippen LogP contribution in [0.4, 0.5) is 0 Å². The number of rotatable bonds is 3. The standard InChI is InChI=1S/C16H22N4/c17-12-15-18-19-16(13-8-4-1-2-5-9-13)20(15)14-10-6-3-7-11-14/h3,6-7,10-11,13H,1-2,4-5,8-9,12,17H2. The zero-order chi connectivity index (χ0) is 13.8. The van der Waals surface area contributed by atoms with E-state index < -0.39 is 0 Å². The summed E-state index contributed by atoms with van der Waals surface area (Å²) < 4.78 is 2.16. The van der Waals surface area contributed by atoms with Crippen LogP contribution in [0.5, 0.6) is 0 Å². The van der Waals surface area contributed by atoms with Gasteiger partial charge in [-0.05, 0) is 25.0 Å². The average molecular weight is 270 g/mol. The fraction of sp³-hybridized carbons (Fsp3) is 0.500. The molecule has 1 aliphatic carbocycles. The van der Waals surface area contributed by atoms with Crippen molar-refractivity contribution in [2.75, 3.05) is 0 Å². The highest BCUT2D eigenvalue weighted by Gasteiger charge is 2.22. The third-order valence-corrected chi connectivity index (χ3v) is 4.17. The van der Waals surface area contributed by atoms with Gasteiger partial charge in [0.2, 0.25) is 0 Å². The first-order chi connectivity index (χ1) is 9.90. The monoisotopic (exact) mass is 270 g/mol. The van der Waals surface area contributed by atoms with Crippen LogP contribution < -0.4 is 5.73 Å². The van der Waals surface area contributed by atoms with Gasteiger partial charge in [0.05, 0.1) is 6.54 Å². The molecule has 0 atom stereocenters. The van der Waals surface area contributed by atoms with Crippen molar-refractivity contribution in [3.8, 4) is 5.69 Å². The van der Waals surface area contributed by atoms with Crippen LogP contribution in [0.2, 0.25) is 0 Å². The largest absolute Gasteiger partial charge is 0.324 e. The van der Waals surface area contributed by atoms with Crippen LogP contribution in [0, 0.1) is 0 Å². The van der Waals surface area contributed by atoms with Crippen molar-refractivity contribution in [2.45, 2.75) is 51.0 Å². The Morgan fingerprint density at radius 3 is 2.35 bits per heavy atom. The van der Waals surface area contributed by atoms with Crippen molar-refractivity contribution < 1.29 is 0 Å². The van der Waals surface area contributed by atoms with E-state index in [4.69, 9.17) is 5.73 Å². The molecule has 1 saturated carbocycles. The minimum Gasteiger partial charge on any atom is -0.324 e. The predicted octanol–water partition coefficient (Wildman–Crippen LogP) is 3.16. The van der Waals surface area contributed by atoms with Crippen molar-refractivity contribution in [1.29, 1.82) is 0 Å². The molecule has 0 bridgehead atoms. The highest BCUT2D eigenvalue weighted by atomic mass is 15.3. The second-order valence-electron chi connectivity index (χ2n) is 5.54. The molecule has 1 aromatic heterocycles. The summed E-state index contributed by atoms with van der Waals surface area (Å²) in [5.74, 6) is 2.47. The smallest absolute Gasteiger partial charge is 0.151 e. The van der Waals surface area contributed by atoms with E-state index in [1.54, 1.807) is 0 Å². The number of aromatic nitrogens is 3. The molecule has 4 heteroatoms. The maximum Gasteiger partial charge on any atom is 0.151 e. The maximum atomic E-state index is 5.84. The zero-order valence-electron chi connectivity index (χ0n) is 11.8. The summed E-state index contributed by atoms with van der Waals surface area (Å²) in [4.78, 5) is 0. The van der Waals surface area contributed by atoms with Crippen molar-refractivity contribution >= 4 is 0 Å². The molecule has 1 aliphatic rings. The first-order valence-corrected chi connectivity index (χ1v) is 7.60. The Kier molecular flexibility index (Phi) is 4.11. The van der Waals surface area contributed by atoms with Gasteiger partial charge in [-0.2, -0.15) is 0 Å². The first-order valence-electron chi connectivity index (χ1n) is 7.60. The molecule has 0 amide bonds. The van der Waals surface area contributed by atoms with Crippen LogP contribution in [-0.2, 0) is 6.54 Å². The fourth-order valence-electron chi connectivity index (χ4n) is 3.12. The fourth-order valence-corrected chi connectivity index (χ4v) is 3.12. The number of hydrogen-bond donors (Lipinski definition) is 1. The first kappa shape index (κ1) is 13.3. The van der Waals surface area contributed by atoms with E-state index in [2.05, 4.69) is 26.9 Å². The Morgan fingerprint density at radius 1 is 1.00 bits per heavy atom. The number of benzene rings is 1. The van der Waals surface area contributed by atoms with Gasteiger partial charge in [-0.25, -0.2) is 0 Å². The lowest BCUT2D eigenvalue weighted by Gasteiger charge is -2.16. The molecule has 0 radical (unpaired) electrons. The third kappa shape index (κ3) is 2.61. The van der Waals surface area contributed by atoms with E-state index in [-0.39, 0.29) is 0 Å².